The molecular weight excluding hydrogens is 578 g/mol. The number of phenols is 1. The lowest BCUT2D eigenvalue weighted by Crippen LogP contribution is -2.56. The molecule has 44 heavy (non-hydrogen) atoms. The summed E-state index contributed by atoms with van der Waals surface area (Å²) in [4.78, 5) is 44.5. The Labute approximate surface area is 261 Å². The molecule has 232 valence electrons. The van der Waals surface area contributed by atoms with E-state index in [-0.39, 0.29) is 40.8 Å². The number of aliphatic hydroxyl groups is 1. The van der Waals surface area contributed by atoms with Crippen molar-refractivity contribution in [3.05, 3.63) is 102 Å². The summed E-state index contributed by atoms with van der Waals surface area (Å²) in [5.41, 5.74) is 2.57. The highest BCUT2D eigenvalue weighted by Gasteiger charge is 2.42. The third-order valence-corrected chi connectivity index (χ3v) is 9.83. The van der Waals surface area contributed by atoms with Crippen LogP contribution in [0.4, 0.5) is 0 Å². The molecule has 10 heteroatoms. The fraction of sp³-hybridized carbons (Fsp3) is 0.382. The number of fused-ring (bicyclic) bond motifs is 1. The average Bonchev–Trinajstić information content (AvgIpc) is 3.48. The lowest BCUT2D eigenvalue weighted by atomic mass is 9.87. The lowest BCUT2D eigenvalue weighted by Gasteiger charge is -2.34. The third-order valence-electron chi connectivity index (χ3n) is 8.66. The molecular formula is C34H39N3O6S. The summed E-state index contributed by atoms with van der Waals surface area (Å²) in [6, 6.07) is 13.9. The Morgan fingerprint density at radius 2 is 1.95 bits per heavy atom. The first-order chi connectivity index (χ1) is 21.2. The van der Waals surface area contributed by atoms with Crippen molar-refractivity contribution in [3.8, 4) is 5.75 Å². The molecule has 2 aliphatic rings. The van der Waals surface area contributed by atoms with Gasteiger partial charge in [0.25, 0.3) is 11.8 Å². The first kappa shape index (κ1) is 31.4. The molecule has 3 aromatic rings. The normalized spacial score (nSPS) is 21.6. The number of hydrogen-bond acceptors (Lipinski definition) is 7. The predicted octanol–water partition coefficient (Wildman–Crippen LogP) is 4.38. The number of aryl methyl sites for hydroxylation is 1. The number of carbonyl (C=O) groups is 3. The van der Waals surface area contributed by atoms with Crippen molar-refractivity contribution in [3.63, 3.8) is 0 Å². The summed E-state index contributed by atoms with van der Waals surface area (Å²) in [6.45, 7) is 7.94. The van der Waals surface area contributed by atoms with Gasteiger partial charge in [-0.05, 0) is 62.4 Å². The van der Waals surface area contributed by atoms with Crippen LogP contribution in [-0.2, 0) is 22.4 Å². The van der Waals surface area contributed by atoms with Crippen LogP contribution in [0.3, 0.4) is 0 Å². The third kappa shape index (κ3) is 6.56. The SMILES string of the molecule is C=C[C@H]1C(=O)N(C[C@@H]2CCCc3occc32)C(C)SCN1C(=O)[C@@H](O)[C@H](Cc1ccccc1)NC(=O)c1cccc(O)c1C. The summed E-state index contributed by atoms with van der Waals surface area (Å²) in [7, 11) is 0. The number of carbonyl (C=O) groups excluding carboxylic acids is 3. The number of furan rings is 1. The number of aromatic hydroxyl groups is 1. The van der Waals surface area contributed by atoms with Crippen molar-refractivity contribution < 1.29 is 29.0 Å². The Morgan fingerprint density at radius 1 is 1.18 bits per heavy atom. The van der Waals surface area contributed by atoms with Gasteiger partial charge < -0.3 is 29.7 Å². The maximum atomic E-state index is 14.0. The zero-order chi connectivity index (χ0) is 31.4. The summed E-state index contributed by atoms with van der Waals surface area (Å²) in [5, 5.41) is 24.3. The maximum Gasteiger partial charge on any atom is 0.255 e. The molecule has 0 saturated carbocycles. The van der Waals surface area contributed by atoms with E-state index in [2.05, 4.69) is 11.9 Å². The molecule has 0 radical (unpaired) electrons. The first-order valence-electron chi connectivity index (χ1n) is 14.9. The molecule has 5 atom stereocenters. The van der Waals surface area contributed by atoms with Gasteiger partial charge in [0, 0.05) is 30.0 Å². The number of aliphatic hydroxyl groups excluding tert-OH is 1. The molecule has 2 aromatic carbocycles. The minimum atomic E-state index is -1.65. The Bertz CT molecular complexity index is 1510. The second kappa shape index (κ2) is 13.7. The van der Waals surface area contributed by atoms with E-state index >= 15 is 0 Å². The van der Waals surface area contributed by atoms with Crippen molar-refractivity contribution in [2.24, 2.45) is 0 Å². The molecule has 1 unspecified atom stereocenters. The van der Waals surface area contributed by atoms with Crippen molar-refractivity contribution in [2.75, 3.05) is 12.4 Å². The van der Waals surface area contributed by atoms with Crippen LogP contribution in [0, 0.1) is 6.92 Å². The van der Waals surface area contributed by atoms with Gasteiger partial charge in [0.2, 0.25) is 5.91 Å². The minimum absolute atomic E-state index is 0.0290. The van der Waals surface area contributed by atoms with Gasteiger partial charge in [0.05, 0.1) is 23.6 Å². The largest absolute Gasteiger partial charge is 0.508 e. The molecule has 2 heterocycles. The second-order valence-corrected chi connectivity index (χ2v) is 12.7. The number of nitrogens with one attached hydrogen (secondary N) is 1. The van der Waals surface area contributed by atoms with E-state index < -0.39 is 30.0 Å². The number of amides is 3. The molecule has 0 spiro atoms. The molecule has 0 bridgehead atoms. The van der Waals surface area contributed by atoms with Crippen LogP contribution in [0.25, 0.3) is 0 Å². The summed E-state index contributed by atoms with van der Waals surface area (Å²) in [6.07, 6.45) is 4.47. The van der Waals surface area contributed by atoms with Crippen LogP contribution in [0.5, 0.6) is 5.75 Å². The van der Waals surface area contributed by atoms with Crippen molar-refractivity contribution >= 4 is 29.5 Å². The van der Waals surface area contributed by atoms with Crippen LogP contribution in [0.15, 0.2) is 77.9 Å². The topological polar surface area (TPSA) is 123 Å². The quantitative estimate of drug-likeness (QED) is 0.305. The van der Waals surface area contributed by atoms with Gasteiger partial charge in [-0.3, -0.25) is 14.4 Å². The molecule has 1 aliphatic carbocycles. The van der Waals surface area contributed by atoms with Gasteiger partial charge in [0.15, 0.2) is 6.10 Å². The highest BCUT2D eigenvalue weighted by atomic mass is 32.2. The van der Waals surface area contributed by atoms with Crippen LogP contribution in [0.1, 0.15) is 58.5 Å². The fourth-order valence-electron chi connectivity index (χ4n) is 6.08. The standard InChI is InChI=1S/C34H39N3O6S/c1-4-28-33(41)36(19-24-12-8-15-30-26(24)16-17-43-30)22(3)44-20-37(28)34(42)31(39)27(18-23-10-6-5-7-11-23)35-32(40)25-13-9-14-29(38)21(25)2/h4-7,9-11,13-14,16-17,22,24,27-28,31,38-39H,1,8,12,15,18-20H2,2-3H3,(H,35,40)/t22?,24-,27-,28-,31-/m0/s1. The van der Waals surface area contributed by atoms with Gasteiger partial charge in [0.1, 0.15) is 17.6 Å². The smallest absolute Gasteiger partial charge is 0.255 e. The van der Waals surface area contributed by atoms with E-state index in [1.165, 1.54) is 28.8 Å². The Morgan fingerprint density at radius 3 is 2.70 bits per heavy atom. The summed E-state index contributed by atoms with van der Waals surface area (Å²) < 4.78 is 5.66. The maximum absolute atomic E-state index is 14.0. The average molecular weight is 618 g/mol. The zero-order valence-corrected chi connectivity index (χ0v) is 25.8. The summed E-state index contributed by atoms with van der Waals surface area (Å²) in [5.74, 6) is -0.223. The van der Waals surface area contributed by atoms with Crippen molar-refractivity contribution in [2.45, 2.75) is 69.0 Å². The molecule has 1 aliphatic heterocycles. The lowest BCUT2D eigenvalue weighted by molar-refractivity contribution is -0.148. The van der Waals surface area contributed by atoms with Gasteiger partial charge in [-0.15, -0.1) is 18.3 Å². The first-order valence-corrected chi connectivity index (χ1v) is 16.0. The Kier molecular flexibility index (Phi) is 9.80. The van der Waals surface area contributed by atoms with Gasteiger partial charge in [-0.1, -0.05) is 42.5 Å². The number of phenolic OH excluding ortho intramolecular Hbond substituents is 1. The van der Waals surface area contributed by atoms with Gasteiger partial charge in [-0.25, -0.2) is 0 Å². The highest BCUT2D eigenvalue weighted by Crippen LogP contribution is 2.35. The van der Waals surface area contributed by atoms with Crippen molar-refractivity contribution in [1.29, 1.82) is 0 Å². The van der Waals surface area contributed by atoms with E-state index in [0.717, 1.165) is 36.1 Å². The highest BCUT2D eigenvalue weighted by molar-refractivity contribution is 7.99. The van der Waals surface area contributed by atoms with E-state index in [4.69, 9.17) is 4.42 Å². The second-order valence-electron chi connectivity index (χ2n) is 11.4. The Balaban J connectivity index is 1.37. The summed E-state index contributed by atoms with van der Waals surface area (Å²) >= 11 is 1.44. The zero-order valence-electron chi connectivity index (χ0n) is 25.0. The number of hydrogen-bond donors (Lipinski definition) is 3. The molecule has 5 rings (SSSR count). The molecule has 3 N–H and O–H groups in total. The molecule has 3 amide bonds. The van der Waals surface area contributed by atoms with E-state index in [1.807, 2.05) is 43.3 Å². The van der Waals surface area contributed by atoms with Crippen molar-refractivity contribution in [1.82, 2.24) is 15.1 Å². The van der Waals surface area contributed by atoms with E-state index in [0.29, 0.717) is 12.1 Å². The Hall–Kier alpha value is -4.02. The van der Waals surface area contributed by atoms with E-state index in [1.54, 1.807) is 30.2 Å². The molecule has 1 fully saturated rings. The molecule has 9 nitrogen and oxygen atoms in total. The predicted molar refractivity (Wildman–Crippen MR) is 169 cm³/mol. The van der Waals surface area contributed by atoms with Gasteiger partial charge in [-0.2, -0.15) is 0 Å². The van der Waals surface area contributed by atoms with E-state index in [9.17, 15) is 24.6 Å². The molecule has 1 aromatic heterocycles. The number of benzene rings is 2. The van der Waals surface area contributed by atoms with Crippen LogP contribution in [-0.4, -0.2) is 73.7 Å². The monoisotopic (exact) mass is 617 g/mol. The number of nitrogens with zero attached hydrogens (tertiary/aromatic N) is 2. The van der Waals surface area contributed by atoms with Crippen LogP contribution in [0.2, 0.25) is 0 Å². The molecule has 1 saturated heterocycles. The number of rotatable bonds is 9. The minimum Gasteiger partial charge on any atom is -0.508 e. The van der Waals surface area contributed by atoms with Gasteiger partial charge >= 0.3 is 0 Å². The number of thioether (sulfide) groups is 1. The van der Waals surface area contributed by atoms with Crippen LogP contribution >= 0.6 is 11.8 Å². The van der Waals surface area contributed by atoms with Crippen LogP contribution < -0.4 is 5.32 Å². The fourth-order valence-corrected chi connectivity index (χ4v) is 7.12.